The predicted octanol–water partition coefficient (Wildman–Crippen LogP) is 5.25. The minimum atomic E-state index is -0.482. The standard InChI is InChI=1S/C26H28N2O3/c1-4-5-16-28-26(30)23(18-27)17-21-8-13-24(14-9-21)31-25(29)15-10-20-6-11-22(12-7-20)19(2)3/h6-15,17,19H,4-5,16H2,1-3H3,(H,28,30)/b15-10+,23-17+. The fourth-order valence-corrected chi connectivity index (χ4v) is 2.73. The van der Waals surface area contributed by atoms with Crippen LogP contribution in [0.1, 0.15) is 56.2 Å². The van der Waals surface area contributed by atoms with E-state index in [1.54, 1.807) is 30.3 Å². The van der Waals surface area contributed by atoms with E-state index in [-0.39, 0.29) is 5.57 Å². The lowest BCUT2D eigenvalue weighted by Crippen LogP contribution is -2.25. The van der Waals surface area contributed by atoms with Gasteiger partial charge in [-0.1, -0.05) is 63.6 Å². The van der Waals surface area contributed by atoms with Crippen molar-refractivity contribution in [3.05, 3.63) is 76.9 Å². The molecule has 0 saturated heterocycles. The molecular formula is C26H28N2O3. The lowest BCUT2D eigenvalue weighted by atomic mass is 10.0. The maximum atomic E-state index is 12.1. The Balaban J connectivity index is 1.95. The minimum Gasteiger partial charge on any atom is -0.423 e. The van der Waals surface area contributed by atoms with E-state index in [4.69, 9.17) is 4.74 Å². The van der Waals surface area contributed by atoms with E-state index in [9.17, 15) is 14.9 Å². The maximum Gasteiger partial charge on any atom is 0.336 e. The molecule has 0 aliphatic carbocycles. The summed E-state index contributed by atoms with van der Waals surface area (Å²) in [6.07, 6.45) is 6.42. The Morgan fingerprint density at radius 1 is 1.06 bits per heavy atom. The number of benzene rings is 2. The monoisotopic (exact) mass is 416 g/mol. The van der Waals surface area contributed by atoms with Crippen molar-refractivity contribution in [2.24, 2.45) is 0 Å². The Morgan fingerprint density at radius 2 is 1.71 bits per heavy atom. The largest absolute Gasteiger partial charge is 0.423 e. The fourth-order valence-electron chi connectivity index (χ4n) is 2.73. The number of carbonyl (C=O) groups excluding carboxylic acids is 2. The summed E-state index contributed by atoms with van der Waals surface area (Å²) in [5, 5.41) is 11.9. The van der Waals surface area contributed by atoms with E-state index >= 15 is 0 Å². The van der Waals surface area contributed by atoms with Gasteiger partial charge in [-0.2, -0.15) is 5.26 Å². The molecule has 1 N–H and O–H groups in total. The van der Waals surface area contributed by atoms with Gasteiger partial charge in [0, 0.05) is 12.6 Å². The van der Waals surface area contributed by atoms with Gasteiger partial charge in [0.2, 0.25) is 0 Å². The van der Waals surface area contributed by atoms with Crippen LogP contribution in [0, 0.1) is 11.3 Å². The molecule has 0 unspecified atom stereocenters. The minimum absolute atomic E-state index is 0.0345. The Kier molecular flexibility index (Phi) is 9.25. The highest BCUT2D eigenvalue weighted by atomic mass is 16.5. The molecule has 2 aromatic carbocycles. The SMILES string of the molecule is CCCCNC(=O)/C(C#N)=C/c1ccc(OC(=O)/C=C/c2ccc(C(C)C)cc2)cc1. The third-order valence-electron chi connectivity index (χ3n) is 4.61. The van der Waals surface area contributed by atoms with Gasteiger partial charge in [-0.3, -0.25) is 4.79 Å². The molecule has 5 nitrogen and oxygen atoms in total. The number of rotatable bonds is 9. The first-order valence-electron chi connectivity index (χ1n) is 10.4. The molecule has 0 saturated carbocycles. The van der Waals surface area contributed by atoms with Gasteiger partial charge in [0.15, 0.2) is 0 Å². The Hall–Kier alpha value is -3.65. The predicted molar refractivity (Wildman–Crippen MR) is 123 cm³/mol. The van der Waals surface area contributed by atoms with Gasteiger partial charge in [0.25, 0.3) is 5.91 Å². The number of hydrogen-bond donors (Lipinski definition) is 1. The molecule has 0 atom stereocenters. The van der Waals surface area contributed by atoms with Gasteiger partial charge >= 0.3 is 5.97 Å². The van der Waals surface area contributed by atoms with E-state index in [0.29, 0.717) is 23.8 Å². The van der Waals surface area contributed by atoms with Crippen molar-refractivity contribution in [1.82, 2.24) is 5.32 Å². The number of nitriles is 1. The zero-order valence-electron chi connectivity index (χ0n) is 18.2. The molecule has 0 aromatic heterocycles. The molecule has 0 aliphatic rings. The summed E-state index contributed by atoms with van der Waals surface area (Å²) in [5.41, 5.74) is 2.87. The summed E-state index contributed by atoms with van der Waals surface area (Å²) in [7, 11) is 0. The lowest BCUT2D eigenvalue weighted by Gasteiger charge is -2.05. The summed E-state index contributed by atoms with van der Waals surface area (Å²) in [6, 6.07) is 16.6. The van der Waals surface area contributed by atoms with Crippen LogP contribution in [0.5, 0.6) is 5.75 Å². The van der Waals surface area contributed by atoms with Gasteiger partial charge in [0.05, 0.1) is 0 Å². The Labute approximate surface area is 184 Å². The second kappa shape index (κ2) is 12.1. The van der Waals surface area contributed by atoms with Gasteiger partial charge in [-0.05, 0) is 53.3 Å². The molecule has 0 heterocycles. The first-order chi connectivity index (χ1) is 14.9. The average molecular weight is 417 g/mol. The zero-order valence-corrected chi connectivity index (χ0v) is 18.2. The van der Waals surface area contributed by atoms with Gasteiger partial charge < -0.3 is 10.1 Å². The first kappa shape index (κ1) is 23.6. The average Bonchev–Trinajstić information content (AvgIpc) is 2.77. The quantitative estimate of drug-likeness (QED) is 0.199. The highest BCUT2D eigenvalue weighted by molar-refractivity contribution is 6.01. The topological polar surface area (TPSA) is 79.2 Å². The van der Waals surface area contributed by atoms with E-state index in [0.717, 1.165) is 18.4 Å². The molecule has 160 valence electrons. The van der Waals surface area contributed by atoms with Crippen LogP contribution in [0.4, 0.5) is 0 Å². The smallest absolute Gasteiger partial charge is 0.336 e. The lowest BCUT2D eigenvalue weighted by molar-refractivity contribution is -0.128. The van der Waals surface area contributed by atoms with Crippen molar-refractivity contribution in [2.45, 2.75) is 39.5 Å². The summed E-state index contributed by atoms with van der Waals surface area (Å²) in [4.78, 5) is 24.1. The van der Waals surface area contributed by atoms with Crippen molar-refractivity contribution in [1.29, 1.82) is 5.26 Å². The maximum absolute atomic E-state index is 12.1. The number of esters is 1. The first-order valence-corrected chi connectivity index (χ1v) is 10.4. The van der Waals surface area contributed by atoms with Crippen LogP contribution < -0.4 is 10.1 Å². The van der Waals surface area contributed by atoms with Crippen molar-refractivity contribution in [2.75, 3.05) is 6.54 Å². The second-order valence-electron chi connectivity index (χ2n) is 7.42. The van der Waals surface area contributed by atoms with Gasteiger partial charge in [0.1, 0.15) is 17.4 Å². The number of nitrogens with one attached hydrogen (secondary N) is 1. The Bertz CT molecular complexity index is 979. The third-order valence-corrected chi connectivity index (χ3v) is 4.61. The van der Waals surface area contributed by atoms with E-state index in [1.165, 1.54) is 17.7 Å². The molecular weight excluding hydrogens is 388 g/mol. The van der Waals surface area contributed by atoms with Crippen LogP contribution >= 0.6 is 0 Å². The van der Waals surface area contributed by atoms with E-state index < -0.39 is 11.9 Å². The summed E-state index contributed by atoms with van der Waals surface area (Å²) in [5.74, 6) is -0.0318. The zero-order chi connectivity index (χ0) is 22.6. The van der Waals surface area contributed by atoms with Crippen molar-refractivity contribution < 1.29 is 14.3 Å². The molecule has 0 bridgehead atoms. The Morgan fingerprint density at radius 3 is 2.29 bits per heavy atom. The second-order valence-corrected chi connectivity index (χ2v) is 7.42. The molecule has 0 fully saturated rings. The van der Waals surface area contributed by atoms with Crippen molar-refractivity contribution >= 4 is 24.0 Å². The van der Waals surface area contributed by atoms with Crippen LogP contribution in [0.15, 0.2) is 60.2 Å². The molecule has 2 aromatic rings. The molecule has 0 spiro atoms. The van der Waals surface area contributed by atoms with Crippen molar-refractivity contribution in [3.8, 4) is 11.8 Å². The summed E-state index contributed by atoms with van der Waals surface area (Å²) in [6.45, 7) is 6.83. The number of hydrogen-bond acceptors (Lipinski definition) is 4. The number of nitrogens with zero attached hydrogens (tertiary/aromatic N) is 1. The van der Waals surface area contributed by atoms with Gasteiger partial charge in [-0.15, -0.1) is 0 Å². The van der Waals surface area contributed by atoms with Crippen molar-refractivity contribution in [3.63, 3.8) is 0 Å². The number of carbonyl (C=O) groups is 2. The highest BCUT2D eigenvalue weighted by Crippen LogP contribution is 2.17. The number of ether oxygens (including phenoxy) is 1. The molecule has 0 radical (unpaired) electrons. The third kappa shape index (κ3) is 7.94. The molecule has 5 heteroatoms. The normalized spacial score (nSPS) is 11.4. The van der Waals surface area contributed by atoms with Crippen LogP contribution in [0.25, 0.3) is 12.2 Å². The fraction of sp³-hybridized carbons (Fsp3) is 0.269. The molecule has 0 aliphatic heterocycles. The van der Waals surface area contributed by atoms with Crippen LogP contribution in [-0.2, 0) is 9.59 Å². The number of amides is 1. The molecule has 2 rings (SSSR count). The van der Waals surface area contributed by atoms with E-state index in [1.807, 2.05) is 37.3 Å². The summed E-state index contributed by atoms with van der Waals surface area (Å²) < 4.78 is 5.31. The van der Waals surface area contributed by atoms with Gasteiger partial charge in [-0.25, -0.2) is 4.79 Å². The summed E-state index contributed by atoms with van der Waals surface area (Å²) >= 11 is 0. The molecule has 31 heavy (non-hydrogen) atoms. The van der Waals surface area contributed by atoms with Crippen LogP contribution in [0.2, 0.25) is 0 Å². The number of unbranched alkanes of at least 4 members (excludes halogenated alkanes) is 1. The highest BCUT2D eigenvalue weighted by Gasteiger charge is 2.08. The van der Waals surface area contributed by atoms with Crippen LogP contribution in [0.3, 0.4) is 0 Å². The van der Waals surface area contributed by atoms with E-state index in [2.05, 4.69) is 19.2 Å². The van der Waals surface area contributed by atoms with Crippen LogP contribution in [-0.4, -0.2) is 18.4 Å². The molecule has 1 amide bonds.